The van der Waals surface area contributed by atoms with Crippen LogP contribution in [0.15, 0.2) is 48.5 Å². The molecule has 0 nitrogen and oxygen atoms in total. The van der Waals surface area contributed by atoms with Crippen molar-refractivity contribution in [2.24, 2.45) is 0 Å². The number of fused-ring (bicyclic) bond motifs is 7. The van der Waals surface area contributed by atoms with Crippen molar-refractivity contribution >= 4 is 0 Å². The van der Waals surface area contributed by atoms with Gasteiger partial charge in [-0.3, -0.25) is 0 Å². The van der Waals surface area contributed by atoms with Gasteiger partial charge in [0.2, 0.25) is 0 Å². The second kappa shape index (κ2) is 4.10. The first kappa shape index (κ1) is 12.2. The van der Waals surface area contributed by atoms with Gasteiger partial charge in [0, 0.05) is 0 Å². The number of hydrogen-bond acceptors (Lipinski definition) is 0. The van der Waals surface area contributed by atoms with Crippen LogP contribution in [0.4, 0.5) is 0 Å². The fraction of sp³-hybridized carbons (Fsp3) is 0.182. The summed E-state index contributed by atoms with van der Waals surface area (Å²) in [5.41, 5.74) is 14.7. The molecule has 0 aliphatic heterocycles. The molecule has 0 saturated carbocycles. The van der Waals surface area contributed by atoms with Crippen LogP contribution < -0.4 is 0 Å². The minimum atomic E-state index is 1.08. The molecule has 0 heterocycles. The van der Waals surface area contributed by atoms with E-state index in [1.807, 2.05) is 0 Å². The van der Waals surface area contributed by atoms with Gasteiger partial charge in [-0.25, -0.2) is 0 Å². The molecule has 0 saturated heterocycles. The lowest BCUT2D eigenvalue weighted by Crippen LogP contribution is -1.88. The summed E-state index contributed by atoms with van der Waals surface area (Å²) < 4.78 is 0. The number of benzene rings is 3. The van der Waals surface area contributed by atoms with E-state index in [9.17, 15) is 0 Å². The maximum atomic E-state index is 2.38. The Hall–Kier alpha value is -2.34. The normalized spacial score (nSPS) is 13.5. The zero-order valence-corrected chi connectivity index (χ0v) is 13.0. The van der Waals surface area contributed by atoms with Gasteiger partial charge in [-0.05, 0) is 76.8 Å². The molecule has 0 atom stereocenters. The highest BCUT2D eigenvalue weighted by Crippen LogP contribution is 2.49. The third-order valence-corrected chi connectivity index (χ3v) is 5.30. The van der Waals surface area contributed by atoms with Gasteiger partial charge in [0.25, 0.3) is 0 Å². The fourth-order valence-electron chi connectivity index (χ4n) is 4.37. The zero-order valence-electron chi connectivity index (χ0n) is 13.0. The molecule has 0 unspecified atom stereocenters. The first-order valence-electron chi connectivity index (χ1n) is 8.06. The Morgan fingerprint density at radius 2 is 1.41 bits per heavy atom. The summed E-state index contributed by atoms with van der Waals surface area (Å²) in [6.45, 7) is 4.47. The van der Waals surface area contributed by atoms with Crippen molar-refractivity contribution in [2.45, 2.75) is 26.7 Å². The Bertz CT molecular complexity index is 944. The van der Waals surface area contributed by atoms with E-state index in [1.54, 1.807) is 0 Å². The minimum absolute atomic E-state index is 1.08. The first-order chi connectivity index (χ1) is 10.7. The van der Waals surface area contributed by atoms with Crippen LogP contribution in [0.3, 0.4) is 0 Å². The van der Waals surface area contributed by atoms with Crippen molar-refractivity contribution < 1.29 is 0 Å². The van der Waals surface area contributed by atoms with Crippen molar-refractivity contribution in [3.8, 4) is 22.3 Å². The number of hydrogen-bond donors (Lipinski definition) is 0. The SMILES string of the molecule is Cc1cc(C)c2c(c1)-c1c(ccc3c1-c1ccccc1C3)C2. The van der Waals surface area contributed by atoms with Crippen LogP contribution in [0.1, 0.15) is 33.4 Å². The largest absolute Gasteiger partial charge is 0.0619 e. The molecule has 3 aromatic carbocycles. The first-order valence-corrected chi connectivity index (χ1v) is 8.06. The molecule has 2 aliphatic carbocycles. The zero-order chi connectivity index (χ0) is 14.8. The average molecular weight is 282 g/mol. The van der Waals surface area contributed by atoms with Crippen LogP contribution in [-0.4, -0.2) is 0 Å². The number of rotatable bonds is 0. The molecule has 0 fully saturated rings. The summed E-state index contributed by atoms with van der Waals surface area (Å²) in [4.78, 5) is 0. The molecule has 0 heteroatoms. The lowest BCUT2D eigenvalue weighted by Gasteiger charge is -2.11. The van der Waals surface area contributed by atoms with Gasteiger partial charge in [-0.2, -0.15) is 0 Å². The van der Waals surface area contributed by atoms with Crippen LogP contribution in [-0.2, 0) is 12.8 Å². The Balaban J connectivity index is 1.88. The Morgan fingerprint density at radius 3 is 2.27 bits per heavy atom. The summed E-state index contributed by atoms with van der Waals surface area (Å²) in [7, 11) is 0. The van der Waals surface area contributed by atoms with E-state index in [2.05, 4.69) is 62.4 Å². The van der Waals surface area contributed by atoms with Gasteiger partial charge in [-0.1, -0.05) is 54.1 Å². The molecule has 0 amide bonds. The summed E-state index contributed by atoms with van der Waals surface area (Å²) in [6, 6.07) is 18.3. The minimum Gasteiger partial charge on any atom is -0.0619 e. The molecular weight excluding hydrogens is 264 g/mol. The predicted octanol–water partition coefficient (Wildman–Crippen LogP) is 5.45. The summed E-state index contributed by atoms with van der Waals surface area (Å²) >= 11 is 0. The monoisotopic (exact) mass is 282 g/mol. The van der Waals surface area contributed by atoms with Gasteiger partial charge in [0.15, 0.2) is 0 Å². The van der Waals surface area contributed by atoms with Crippen molar-refractivity contribution in [1.29, 1.82) is 0 Å². The second-order valence-electron chi connectivity index (χ2n) is 6.75. The van der Waals surface area contributed by atoms with Gasteiger partial charge < -0.3 is 0 Å². The summed E-state index contributed by atoms with van der Waals surface area (Å²) in [6.07, 6.45) is 2.17. The standard InChI is InChI=1S/C22H18/c1-13-9-14(2)19-12-17-8-7-16-11-15-5-3-4-6-18(15)21(16)22(17)20(19)10-13/h3-10H,11-12H2,1-2H3. The lowest BCUT2D eigenvalue weighted by molar-refractivity contribution is 1.20. The van der Waals surface area contributed by atoms with Crippen LogP contribution >= 0.6 is 0 Å². The van der Waals surface area contributed by atoms with Crippen molar-refractivity contribution in [1.82, 2.24) is 0 Å². The highest BCUT2D eigenvalue weighted by atomic mass is 14.3. The molecule has 0 spiro atoms. The van der Waals surface area contributed by atoms with E-state index in [0.717, 1.165) is 12.8 Å². The van der Waals surface area contributed by atoms with Crippen LogP contribution in [0.25, 0.3) is 22.3 Å². The maximum absolute atomic E-state index is 2.38. The smallest absolute Gasteiger partial charge is 0.00106 e. The molecule has 22 heavy (non-hydrogen) atoms. The third-order valence-electron chi connectivity index (χ3n) is 5.30. The van der Waals surface area contributed by atoms with Crippen molar-refractivity contribution in [3.63, 3.8) is 0 Å². The van der Waals surface area contributed by atoms with Crippen molar-refractivity contribution in [3.05, 3.63) is 81.9 Å². The lowest BCUT2D eigenvalue weighted by atomic mass is 9.92. The molecule has 2 aliphatic rings. The maximum Gasteiger partial charge on any atom is -0.00106 e. The van der Waals surface area contributed by atoms with Gasteiger partial charge in [0.05, 0.1) is 0 Å². The number of aryl methyl sites for hydroxylation is 2. The molecular formula is C22H18. The predicted molar refractivity (Wildman–Crippen MR) is 92.4 cm³/mol. The van der Waals surface area contributed by atoms with E-state index >= 15 is 0 Å². The quantitative estimate of drug-likeness (QED) is 0.354. The van der Waals surface area contributed by atoms with E-state index in [0.29, 0.717) is 0 Å². The molecule has 3 aromatic rings. The molecule has 5 rings (SSSR count). The summed E-state index contributed by atoms with van der Waals surface area (Å²) in [5, 5.41) is 0. The second-order valence-corrected chi connectivity index (χ2v) is 6.75. The highest BCUT2D eigenvalue weighted by Gasteiger charge is 2.29. The topological polar surface area (TPSA) is 0 Å². The molecule has 0 N–H and O–H groups in total. The van der Waals surface area contributed by atoms with E-state index in [1.165, 1.54) is 55.6 Å². The van der Waals surface area contributed by atoms with E-state index in [4.69, 9.17) is 0 Å². The molecule has 0 bridgehead atoms. The van der Waals surface area contributed by atoms with Gasteiger partial charge in [0.1, 0.15) is 0 Å². The fourth-order valence-corrected chi connectivity index (χ4v) is 4.37. The average Bonchev–Trinajstić information content (AvgIpc) is 3.05. The van der Waals surface area contributed by atoms with Gasteiger partial charge >= 0.3 is 0 Å². The van der Waals surface area contributed by atoms with E-state index < -0.39 is 0 Å². The molecule has 0 aromatic heterocycles. The van der Waals surface area contributed by atoms with Crippen LogP contribution in [0.2, 0.25) is 0 Å². The summed E-state index contributed by atoms with van der Waals surface area (Å²) in [5.74, 6) is 0. The van der Waals surface area contributed by atoms with Gasteiger partial charge in [-0.15, -0.1) is 0 Å². The molecule has 0 radical (unpaired) electrons. The Morgan fingerprint density at radius 1 is 0.682 bits per heavy atom. The Kier molecular flexibility index (Phi) is 2.28. The van der Waals surface area contributed by atoms with Crippen LogP contribution in [0.5, 0.6) is 0 Å². The molecule has 106 valence electrons. The van der Waals surface area contributed by atoms with E-state index in [-0.39, 0.29) is 0 Å². The highest BCUT2D eigenvalue weighted by molar-refractivity contribution is 5.95. The van der Waals surface area contributed by atoms with Crippen molar-refractivity contribution in [2.75, 3.05) is 0 Å². The Labute approximate surface area is 131 Å². The third kappa shape index (κ3) is 1.47. The van der Waals surface area contributed by atoms with Crippen LogP contribution in [0, 0.1) is 13.8 Å².